The Hall–Kier alpha value is -1.38. The first kappa shape index (κ1) is 19.9. The fourth-order valence-corrected chi connectivity index (χ4v) is 7.93. The molecule has 3 heterocycles. The maximum absolute atomic E-state index is 12.5. The van der Waals surface area contributed by atoms with E-state index in [1.54, 1.807) is 0 Å². The Bertz CT molecular complexity index is 861. The zero-order chi connectivity index (χ0) is 19.7. The number of amidine groups is 1. The molecular formula is C20H26N2O4S2. The number of amides is 1. The second-order valence-electron chi connectivity index (χ2n) is 7.67. The van der Waals surface area contributed by atoms with E-state index < -0.39 is 15.9 Å². The minimum Gasteiger partial charge on any atom is -0.368 e. The molecule has 1 aromatic carbocycles. The summed E-state index contributed by atoms with van der Waals surface area (Å²) in [4.78, 5) is 18.8. The van der Waals surface area contributed by atoms with Crippen LogP contribution in [0.5, 0.6) is 0 Å². The van der Waals surface area contributed by atoms with Crippen LogP contribution < -0.4 is 4.90 Å². The summed E-state index contributed by atoms with van der Waals surface area (Å²) in [6.07, 6.45) is 4.44. The predicted molar refractivity (Wildman–Crippen MR) is 113 cm³/mol. The molecule has 0 unspecified atom stereocenters. The largest absolute Gasteiger partial charge is 0.368 e. The number of aryl methyl sites for hydroxylation is 1. The Morgan fingerprint density at radius 1 is 1.29 bits per heavy atom. The molecular weight excluding hydrogens is 396 g/mol. The number of anilines is 1. The van der Waals surface area contributed by atoms with E-state index in [9.17, 15) is 13.2 Å². The SMILES string of the molecule is CCCCc1ccc(N2C(=NC(=O)[C@H]3CCCO3)S[C@H]3CS(=O)(=O)C[C@@H]32)cc1. The highest BCUT2D eigenvalue weighted by molar-refractivity contribution is 8.16. The number of sulfone groups is 1. The van der Waals surface area contributed by atoms with E-state index in [1.165, 1.54) is 17.3 Å². The molecule has 3 aliphatic heterocycles. The third-order valence-corrected chi connectivity index (χ3v) is 8.72. The molecule has 0 spiro atoms. The number of carbonyl (C=O) groups excluding carboxylic acids is 1. The van der Waals surface area contributed by atoms with Crippen molar-refractivity contribution in [3.63, 3.8) is 0 Å². The van der Waals surface area contributed by atoms with Gasteiger partial charge in [0.15, 0.2) is 15.0 Å². The van der Waals surface area contributed by atoms with E-state index in [-0.39, 0.29) is 28.7 Å². The van der Waals surface area contributed by atoms with E-state index in [2.05, 4.69) is 24.0 Å². The number of carbonyl (C=O) groups is 1. The Kier molecular flexibility index (Phi) is 5.81. The lowest BCUT2D eigenvalue weighted by molar-refractivity contribution is -0.126. The van der Waals surface area contributed by atoms with Crippen molar-refractivity contribution < 1.29 is 17.9 Å². The summed E-state index contributed by atoms with van der Waals surface area (Å²) in [5, 5.41) is 0.521. The summed E-state index contributed by atoms with van der Waals surface area (Å²) in [5.74, 6) is -0.0111. The molecule has 3 atom stereocenters. The van der Waals surface area contributed by atoms with Crippen LogP contribution >= 0.6 is 11.8 Å². The van der Waals surface area contributed by atoms with Gasteiger partial charge in [-0.1, -0.05) is 37.2 Å². The third-order valence-electron chi connectivity index (χ3n) is 5.51. The third kappa shape index (κ3) is 4.14. The number of thioether (sulfide) groups is 1. The monoisotopic (exact) mass is 422 g/mol. The van der Waals surface area contributed by atoms with Gasteiger partial charge in [-0.15, -0.1) is 0 Å². The summed E-state index contributed by atoms with van der Waals surface area (Å²) in [6.45, 7) is 2.77. The molecule has 0 aromatic heterocycles. The highest BCUT2D eigenvalue weighted by Crippen LogP contribution is 2.41. The first-order valence-corrected chi connectivity index (χ1v) is 12.7. The lowest BCUT2D eigenvalue weighted by Crippen LogP contribution is -2.38. The number of benzene rings is 1. The topological polar surface area (TPSA) is 76.0 Å². The van der Waals surface area contributed by atoms with Gasteiger partial charge in [-0.05, 0) is 43.4 Å². The lowest BCUT2D eigenvalue weighted by atomic mass is 10.1. The molecule has 4 rings (SSSR count). The molecule has 3 fully saturated rings. The van der Waals surface area contributed by atoms with E-state index >= 15 is 0 Å². The number of unbranched alkanes of at least 4 members (excludes halogenated alkanes) is 1. The van der Waals surface area contributed by atoms with Crippen molar-refractivity contribution in [3.05, 3.63) is 29.8 Å². The molecule has 0 N–H and O–H groups in total. The predicted octanol–water partition coefficient (Wildman–Crippen LogP) is 2.81. The van der Waals surface area contributed by atoms with Gasteiger partial charge in [-0.25, -0.2) is 8.42 Å². The second-order valence-corrected chi connectivity index (χ2v) is 11.0. The van der Waals surface area contributed by atoms with Crippen molar-refractivity contribution in [2.45, 2.75) is 56.4 Å². The molecule has 1 aromatic rings. The molecule has 0 bridgehead atoms. The molecule has 0 radical (unpaired) electrons. The standard InChI is InChI=1S/C20H26N2O4S2/c1-2-3-5-14-7-9-15(10-8-14)22-16-12-28(24,25)13-18(16)27-20(22)21-19(23)17-6-4-11-26-17/h7-10,16-18H,2-6,11-13H2,1H3/t16-,17+,18-/m0/s1. The molecule has 0 saturated carbocycles. The summed E-state index contributed by atoms with van der Waals surface area (Å²) in [7, 11) is -3.06. The van der Waals surface area contributed by atoms with Gasteiger partial charge in [0.05, 0.1) is 17.5 Å². The van der Waals surface area contributed by atoms with Gasteiger partial charge in [-0.2, -0.15) is 4.99 Å². The number of aliphatic imine (C=N–C) groups is 1. The van der Waals surface area contributed by atoms with Crippen molar-refractivity contribution in [1.29, 1.82) is 0 Å². The van der Waals surface area contributed by atoms with Gasteiger partial charge in [0.25, 0.3) is 5.91 Å². The minimum atomic E-state index is -3.06. The molecule has 152 valence electrons. The number of ether oxygens (including phenoxy) is 1. The molecule has 0 aliphatic carbocycles. The van der Waals surface area contributed by atoms with Crippen LogP contribution in [0.3, 0.4) is 0 Å². The first-order chi connectivity index (χ1) is 13.5. The smallest absolute Gasteiger partial charge is 0.277 e. The quantitative estimate of drug-likeness (QED) is 0.726. The van der Waals surface area contributed by atoms with E-state index in [0.717, 1.165) is 31.4 Å². The lowest BCUT2D eigenvalue weighted by Gasteiger charge is -2.25. The van der Waals surface area contributed by atoms with Crippen LogP contribution in [0.15, 0.2) is 29.3 Å². The van der Waals surface area contributed by atoms with Gasteiger partial charge in [0.1, 0.15) is 6.10 Å². The van der Waals surface area contributed by atoms with Gasteiger partial charge in [-0.3, -0.25) is 4.79 Å². The molecule has 8 heteroatoms. The number of hydrogen-bond acceptors (Lipinski definition) is 5. The van der Waals surface area contributed by atoms with Crippen molar-refractivity contribution in [2.24, 2.45) is 4.99 Å². The Morgan fingerprint density at radius 3 is 2.75 bits per heavy atom. The van der Waals surface area contributed by atoms with Crippen molar-refractivity contribution in [2.75, 3.05) is 23.0 Å². The second kappa shape index (κ2) is 8.16. The first-order valence-electron chi connectivity index (χ1n) is 9.96. The Labute approximate surface area is 170 Å². The summed E-state index contributed by atoms with van der Waals surface area (Å²) >= 11 is 1.41. The average molecular weight is 423 g/mol. The van der Waals surface area contributed by atoms with Gasteiger partial charge >= 0.3 is 0 Å². The normalized spacial score (nSPS) is 30.1. The number of nitrogens with zero attached hydrogens (tertiary/aromatic N) is 2. The van der Waals surface area contributed by atoms with Crippen molar-refractivity contribution >= 4 is 38.4 Å². The zero-order valence-electron chi connectivity index (χ0n) is 16.0. The highest BCUT2D eigenvalue weighted by atomic mass is 32.2. The van der Waals surface area contributed by atoms with Crippen LogP contribution in [0, 0.1) is 0 Å². The van der Waals surface area contributed by atoms with Crippen molar-refractivity contribution in [1.82, 2.24) is 0 Å². The Morgan fingerprint density at radius 2 is 2.07 bits per heavy atom. The van der Waals surface area contributed by atoms with E-state index in [1.807, 2.05) is 17.0 Å². The van der Waals surface area contributed by atoms with Crippen molar-refractivity contribution in [3.8, 4) is 0 Å². The number of hydrogen-bond donors (Lipinski definition) is 0. The molecule has 28 heavy (non-hydrogen) atoms. The summed E-state index contributed by atoms with van der Waals surface area (Å²) in [6, 6.07) is 8.04. The summed E-state index contributed by atoms with van der Waals surface area (Å²) in [5.41, 5.74) is 2.17. The van der Waals surface area contributed by atoms with E-state index in [0.29, 0.717) is 18.2 Å². The van der Waals surface area contributed by atoms with Gasteiger partial charge in [0.2, 0.25) is 0 Å². The van der Waals surface area contributed by atoms with Crippen LogP contribution in [0.4, 0.5) is 5.69 Å². The average Bonchev–Trinajstić information content (AvgIpc) is 3.35. The van der Waals surface area contributed by atoms with E-state index in [4.69, 9.17) is 4.74 Å². The molecule has 6 nitrogen and oxygen atoms in total. The van der Waals surface area contributed by atoms with Gasteiger partial charge in [0, 0.05) is 17.5 Å². The Balaban J connectivity index is 1.61. The van der Waals surface area contributed by atoms with Gasteiger partial charge < -0.3 is 9.64 Å². The maximum Gasteiger partial charge on any atom is 0.277 e. The van der Waals surface area contributed by atoms with Crippen LogP contribution in [-0.2, 0) is 25.8 Å². The molecule has 3 saturated heterocycles. The highest BCUT2D eigenvalue weighted by Gasteiger charge is 2.49. The fourth-order valence-electron chi connectivity index (χ4n) is 4.01. The number of rotatable bonds is 5. The number of fused-ring (bicyclic) bond motifs is 1. The van der Waals surface area contributed by atoms with Crippen LogP contribution in [0.1, 0.15) is 38.2 Å². The van der Waals surface area contributed by atoms with Crippen LogP contribution in [0.25, 0.3) is 0 Å². The minimum absolute atomic E-state index is 0.0826. The molecule has 1 amide bonds. The zero-order valence-corrected chi connectivity index (χ0v) is 17.7. The fraction of sp³-hybridized carbons (Fsp3) is 0.600. The van der Waals surface area contributed by atoms with Crippen LogP contribution in [0.2, 0.25) is 0 Å². The summed E-state index contributed by atoms with van der Waals surface area (Å²) < 4.78 is 29.8. The van der Waals surface area contributed by atoms with Crippen LogP contribution in [-0.4, -0.2) is 55.0 Å². The molecule has 3 aliphatic rings. The maximum atomic E-state index is 12.5.